The van der Waals surface area contributed by atoms with Crippen LogP contribution in [0.25, 0.3) is 22.2 Å². The average molecular weight is 435 g/mol. The summed E-state index contributed by atoms with van der Waals surface area (Å²) in [5.74, 6) is -0.249. The number of anilines is 2. The molecule has 0 radical (unpaired) electrons. The summed E-state index contributed by atoms with van der Waals surface area (Å²) in [5.41, 5.74) is 3.66. The van der Waals surface area contributed by atoms with Crippen LogP contribution in [-0.2, 0) is 20.0 Å². The van der Waals surface area contributed by atoms with Crippen molar-refractivity contribution in [2.75, 3.05) is 11.9 Å². The van der Waals surface area contributed by atoms with Gasteiger partial charge in [-0.25, -0.2) is 23.7 Å². The lowest BCUT2D eigenvalue weighted by atomic mass is 10.0. The quantitative estimate of drug-likeness (QED) is 0.500. The summed E-state index contributed by atoms with van der Waals surface area (Å²) in [6.45, 7) is 5.69. The van der Waals surface area contributed by atoms with Crippen LogP contribution in [0.3, 0.4) is 0 Å². The molecule has 0 unspecified atom stereocenters. The van der Waals surface area contributed by atoms with Crippen molar-refractivity contribution in [3.05, 3.63) is 59.0 Å². The molecular weight excluding hydrogens is 412 g/mol. The van der Waals surface area contributed by atoms with Gasteiger partial charge in [0.1, 0.15) is 17.0 Å². The van der Waals surface area contributed by atoms with Gasteiger partial charge in [0.25, 0.3) is 0 Å². The molecule has 164 valence electrons. The summed E-state index contributed by atoms with van der Waals surface area (Å²) in [5, 5.41) is 11.3. The van der Waals surface area contributed by atoms with Gasteiger partial charge in [-0.1, -0.05) is 19.9 Å². The van der Waals surface area contributed by atoms with Crippen molar-refractivity contribution >= 4 is 22.7 Å². The van der Waals surface area contributed by atoms with E-state index < -0.39 is 11.6 Å². The molecule has 4 heterocycles. The maximum Gasteiger partial charge on any atom is 0.229 e. The fourth-order valence-corrected chi connectivity index (χ4v) is 4.25. The Labute approximate surface area is 183 Å². The summed E-state index contributed by atoms with van der Waals surface area (Å²) in [4.78, 5) is 13.0. The topological polar surface area (TPSA) is 80.6 Å². The van der Waals surface area contributed by atoms with Gasteiger partial charge in [-0.05, 0) is 29.7 Å². The number of fused-ring (bicyclic) bond motifs is 2. The van der Waals surface area contributed by atoms with E-state index in [9.17, 15) is 8.78 Å². The Morgan fingerprint density at radius 2 is 1.97 bits per heavy atom. The minimum Gasteiger partial charge on any atom is -0.312 e. The predicted molar refractivity (Wildman–Crippen MR) is 119 cm³/mol. The van der Waals surface area contributed by atoms with Crippen molar-refractivity contribution < 1.29 is 8.78 Å². The van der Waals surface area contributed by atoms with E-state index >= 15 is 0 Å². The van der Waals surface area contributed by atoms with E-state index in [1.165, 1.54) is 6.07 Å². The summed E-state index contributed by atoms with van der Waals surface area (Å²) in [7, 11) is 1.78. The molecule has 0 aliphatic carbocycles. The maximum atomic E-state index is 14.9. The van der Waals surface area contributed by atoms with E-state index in [2.05, 4.69) is 30.7 Å². The second-order valence-electron chi connectivity index (χ2n) is 8.26. The average Bonchev–Trinajstić information content (AvgIpc) is 3.11. The van der Waals surface area contributed by atoms with Crippen molar-refractivity contribution in [3.63, 3.8) is 0 Å². The number of rotatable bonds is 4. The first-order valence-electron chi connectivity index (χ1n) is 10.6. The number of hydrogen-bond acceptors (Lipinski definition) is 6. The summed E-state index contributed by atoms with van der Waals surface area (Å²) in [6, 6.07) is 6.84. The van der Waals surface area contributed by atoms with E-state index in [4.69, 9.17) is 0 Å². The Hall–Kier alpha value is -3.46. The standard InChI is InChI=1S/C23H23F2N7/c1-12(2)22-15-8-14(9-16(24)21(15)31-32(22)3)20-17(25)11-27-23(30-20)29-19-5-4-13-10-26-7-6-18(13)28-19/h4-5,8-9,11-12,26H,6-7,10H2,1-3H3,(H,27,28,29,30). The monoisotopic (exact) mass is 435 g/mol. The third-order valence-corrected chi connectivity index (χ3v) is 5.66. The molecule has 0 amide bonds. The fourth-order valence-electron chi connectivity index (χ4n) is 4.25. The predicted octanol–water partition coefficient (Wildman–Crippen LogP) is 4.22. The van der Waals surface area contributed by atoms with Crippen LogP contribution in [0, 0.1) is 11.6 Å². The molecule has 2 N–H and O–H groups in total. The lowest BCUT2D eigenvalue weighted by molar-refractivity contribution is 0.617. The first-order valence-corrected chi connectivity index (χ1v) is 10.6. The van der Waals surface area contributed by atoms with Gasteiger partial charge in [-0.15, -0.1) is 0 Å². The number of nitrogens with zero attached hydrogens (tertiary/aromatic N) is 5. The molecule has 1 aromatic carbocycles. The van der Waals surface area contributed by atoms with E-state index in [0.717, 1.165) is 42.7 Å². The zero-order valence-electron chi connectivity index (χ0n) is 18.1. The lowest BCUT2D eigenvalue weighted by Crippen LogP contribution is -2.24. The largest absolute Gasteiger partial charge is 0.312 e. The Bertz CT molecular complexity index is 1330. The highest BCUT2D eigenvalue weighted by atomic mass is 19.1. The van der Waals surface area contributed by atoms with Gasteiger partial charge in [0, 0.05) is 48.9 Å². The van der Waals surface area contributed by atoms with Gasteiger partial charge in [0.2, 0.25) is 5.95 Å². The molecule has 32 heavy (non-hydrogen) atoms. The molecule has 0 atom stereocenters. The van der Waals surface area contributed by atoms with Crippen LogP contribution in [-0.4, -0.2) is 31.3 Å². The molecule has 7 nitrogen and oxygen atoms in total. The van der Waals surface area contributed by atoms with Gasteiger partial charge in [0.15, 0.2) is 11.6 Å². The third kappa shape index (κ3) is 3.58. The van der Waals surface area contributed by atoms with Crippen LogP contribution in [0.4, 0.5) is 20.5 Å². The van der Waals surface area contributed by atoms with Crippen molar-refractivity contribution in [3.8, 4) is 11.3 Å². The van der Waals surface area contributed by atoms with Gasteiger partial charge in [-0.2, -0.15) is 5.10 Å². The van der Waals surface area contributed by atoms with Crippen LogP contribution in [0.5, 0.6) is 0 Å². The van der Waals surface area contributed by atoms with Crippen molar-refractivity contribution in [1.29, 1.82) is 0 Å². The highest BCUT2D eigenvalue weighted by Gasteiger charge is 2.19. The SMILES string of the molecule is CC(C)c1c2cc(-c3nc(Nc4ccc5c(n4)CCNC5)ncc3F)cc(F)c2nn1C. The van der Waals surface area contributed by atoms with Crippen LogP contribution in [0.2, 0.25) is 0 Å². The first-order chi connectivity index (χ1) is 15.4. The Kier molecular flexibility index (Phi) is 5.05. The number of benzene rings is 1. The van der Waals surface area contributed by atoms with E-state index in [1.807, 2.05) is 26.0 Å². The second kappa shape index (κ2) is 7.90. The summed E-state index contributed by atoms with van der Waals surface area (Å²) in [6.07, 6.45) is 1.92. The van der Waals surface area contributed by atoms with Crippen molar-refractivity contribution in [1.82, 2.24) is 30.0 Å². The molecule has 1 aliphatic heterocycles. The molecule has 5 rings (SSSR count). The van der Waals surface area contributed by atoms with Crippen LogP contribution in [0.15, 0.2) is 30.5 Å². The molecule has 0 bridgehead atoms. The number of hydrogen-bond donors (Lipinski definition) is 2. The molecule has 0 saturated carbocycles. The maximum absolute atomic E-state index is 14.9. The number of pyridine rings is 1. The molecule has 1 aliphatic rings. The van der Waals surface area contributed by atoms with Gasteiger partial charge in [0.05, 0.1) is 6.20 Å². The first kappa shape index (κ1) is 20.4. The molecule has 3 aromatic heterocycles. The number of halogens is 2. The summed E-state index contributed by atoms with van der Waals surface area (Å²) < 4.78 is 31.2. The minimum absolute atomic E-state index is 0.0176. The summed E-state index contributed by atoms with van der Waals surface area (Å²) >= 11 is 0. The van der Waals surface area contributed by atoms with Crippen molar-refractivity contribution in [2.45, 2.75) is 32.7 Å². The lowest BCUT2D eigenvalue weighted by Gasteiger charge is -2.17. The third-order valence-electron chi connectivity index (χ3n) is 5.66. The zero-order valence-corrected chi connectivity index (χ0v) is 18.1. The smallest absolute Gasteiger partial charge is 0.229 e. The number of aryl methyl sites for hydroxylation is 1. The molecule has 0 fully saturated rings. The Morgan fingerprint density at radius 1 is 1.12 bits per heavy atom. The van der Waals surface area contributed by atoms with Crippen LogP contribution < -0.4 is 10.6 Å². The number of nitrogens with one attached hydrogen (secondary N) is 2. The molecule has 4 aromatic rings. The zero-order chi connectivity index (χ0) is 22.4. The normalized spacial score (nSPS) is 13.6. The van der Waals surface area contributed by atoms with Crippen molar-refractivity contribution in [2.24, 2.45) is 7.05 Å². The van der Waals surface area contributed by atoms with E-state index in [1.54, 1.807) is 17.8 Å². The highest BCUT2D eigenvalue weighted by molar-refractivity contribution is 5.87. The molecule has 0 saturated heterocycles. The minimum atomic E-state index is -0.631. The van der Waals surface area contributed by atoms with E-state index in [-0.39, 0.29) is 23.1 Å². The Morgan fingerprint density at radius 3 is 2.78 bits per heavy atom. The fraction of sp³-hybridized carbons (Fsp3) is 0.304. The van der Waals surface area contributed by atoms with E-state index in [0.29, 0.717) is 16.8 Å². The van der Waals surface area contributed by atoms with Gasteiger partial charge in [-0.3, -0.25) is 4.68 Å². The molecule has 9 heteroatoms. The van der Waals surface area contributed by atoms with Crippen LogP contribution >= 0.6 is 0 Å². The second-order valence-corrected chi connectivity index (χ2v) is 8.26. The van der Waals surface area contributed by atoms with Gasteiger partial charge >= 0.3 is 0 Å². The number of aromatic nitrogens is 5. The molecule has 0 spiro atoms. The van der Waals surface area contributed by atoms with Crippen LogP contribution in [0.1, 0.15) is 36.7 Å². The van der Waals surface area contributed by atoms with Gasteiger partial charge < -0.3 is 10.6 Å². The highest BCUT2D eigenvalue weighted by Crippen LogP contribution is 2.32. The molecular formula is C23H23F2N7. The Balaban J connectivity index is 1.54.